The first-order valence-corrected chi connectivity index (χ1v) is 12.9. The lowest BCUT2D eigenvalue weighted by atomic mass is 10.0. The van der Waals surface area contributed by atoms with E-state index in [-0.39, 0.29) is 0 Å². The summed E-state index contributed by atoms with van der Waals surface area (Å²) in [7, 11) is 7.51. The molecule has 2 N–H and O–H groups in total. The van der Waals surface area contributed by atoms with Crippen molar-refractivity contribution in [2.45, 2.75) is 38.3 Å². The molecule has 1 aliphatic rings. The van der Waals surface area contributed by atoms with Gasteiger partial charge in [-0.2, -0.15) is 4.98 Å². The summed E-state index contributed by atoms with van der Waals surface area (Å²) in [5.74, 6) is 2.83. The van der Waals surface area contributed by atoms with E-state index in [1.165, 1.54) is 5.56 Å². The van der Waals surface area contributed by atoms with Crippen LogP contribution in [0.15, 0.2) is 42.5 Å². The van der Waals surface area contributed by atoms with E-state index in [9.17, 15) is 0 Å². The van der Waals surface area contributed by atoms with Crippen LogP contribution < -0.4 is 20.1 Å². The maximum absolute atomic E-state index is 5.57. The van der Waals surface area contributed by atoms with Gasteiger partial charge in [-0.3, -0.25) is 4.90 Å². The molecule has 8 nitrogen and oxygen atoms in total. The highest BCUT2D eigenvalue weighted by molar-refractivity contribution is 5.92. The average Bonchev–Trinajstić information content (AvgIpc) is 2.89. The number of hydrogen-bond donors (Lipinski definition) is 2. The fourth-order valence-corrected chi connectivity index (χ4v) is 4.67. The first kappa shape index (κ1) is 26.0. The molecule has 0 spiro atoms. The number of anilines is 2. The Kier molecular flexibility index (Phi) is 9.19. The Morgan fingerprint density at radius 1 is 0.972 bits per heavy atom. The molecule has 0 aliphatic carbocycles. The van der Waals surface area contributed by atoms with Crippen molar-refractivity contribution in [3.8, 4) is 11.5 Å². The third-order valence-electron chi connectivity index (χ3n) is 6.69. The van der Waals surface area contributed by atoms with Crippen LogP contribution in [-0.4, -0.2) is 80.3 Å². The smallest absolute Gasteiger partial charge is 0.225 e. The molecule has 8 heteroatoms. The summed E-state index contributed by atoms with van der Waals surface area (Å²) in [6, 6.07) is 15.0. The predicted octanol–water partition coefficient (Wildman–Crippen LogP) is 4.48. The van der Waals surface area contributed by atoms with E-state index >= 15 is 0 Å². The van der Waals surface area contributed by atoms with E-state index in [0.29, 0.717) is 23.5 Å². The Hall–Kier alpha value is -3.10. The summed E-state index contributed by atoms with van der Waals surface area (Å²) in [6.45, 7) is 5.03. The molecule has 4 rings (SSSR count). The van der Waals surface area contributed by atoms with Gasteiger partial charge in [0.2, 0.25) is 5.95 Å². The van der Waals surface area contributed by atoms with E-state index in [0.717, 1.165) is 75.1 Å². The van der Waals surface area contributed by atoms with Gasteiger partial charge in [-0.15, -0.1) is 0 Å². The Morgan fingerprint density at radius 2 is 1.69 bits per heavy atom. The standard InChI is InChI=1S/C28H40N6O2/c1-33(2)15-9-8-14-29-28-31-24-19-26(36-4)25(35-3)18-23(24)27(32-28)30-22-12-16-34(17-13-22)20-21-10-6-5-7-11-21/h5-7,10-11,18-19,22H,8-9,12-17,20H2,1-4H3,(H2,29,30,31,32). The fraction of sp³-hybridized carbons (Fsp3) is 0.500. The zero-order chi connectivity index (χ0) is 25.3. The van der Waals surface area contributed by atoms with Crippen LogP contribution in [0.25, 0.3) is 10.9 Å². The van der Waals surface area contributed by atoms with Gasteiger partial charge in [0, 0.05) is 43.7 Å². The van der Waals surface area contributed by atoms with Gasteiger partial charge in [0.15, 0.2) is 11.5 Å². The third-order valence-corrected chi connectivity index (χ3v) is 6.69. The number of nitrogens with zero attached hydrogens (tertiary/aromatic N) is 4. The van der Waals surface area contributed by atoms with Crippen molar-refractivity contribution in [3.63, 3.8) is 0 Å². The van der Waals surface area contributed by atoms with Crippen LogP contribution in [0.3, 0.4) is 0 Å². The highest BCUT2D eigenvalue weighted by Gasteiger charge is 2.21. The molecular formula is C28H40N6O2. The first-order valence-electron chi connectivity index (χ1n) is 12.9. The van der Waals surface area contributed by atoms with Gasteiger partial charge in [0.25, 0.3) is 0 Å². The Balaban J connectivity index is 1.47. The van der Waals surface area contributed by atoms with Gasteiger partial charge in [0.1, 0.15) is 5.82 Å². The Morgan fingerprint density at radius 3 is 2.39 bits per heavy atom. The summed E-state index contributed by atoms with van der Waals surface area (Å²) in [5, 5.41) is 8.10. The minimum atomic E-state index is 0.358. The van der Waals surface area contributed by atoms with Crippen molar-refractivity contribution in [3.05, 3.63) is 48.0 Å². The maximum atomic E-state index is 5.57. The van der Waals surface area contributed by atoms with Crippen LogP contribution in [0, 0.1) is 0 Å². The number of nitrogens with one attached hydrogen (secondary N) is 2. The lowest BCUT2D eigenvalue weighted by molar-refractivity contribution is 0.211. The van der Waals surface area contributed by atoms with Crippen molar-refractivity contribution < 1.29 is 9.47 Å². The Bertz CT molecular complexity index is 1100. The number of unbranched alkanes of at least 4 members (excludes halogenated alkanes) is 1. The summed E-state index contributed by atoms with van der Waals surface area (Å²) < 4.78 is 11.1. The van der Waals surface area contributed by atoms with Crippen LogP contribution >= 0.6 is 0 Å². The fourth-order valence-electron chi connectivity index (χ4n) is 4.67. The van der Waals surface area contributed by atoms with Crippen molar-refractivity contribution in [2.75, 3.05) is 65.1 Å². The van der Waals surface area contributed by atoms with Crippen molar-refractivity contribution in [1.82, 2.24) is 19.8 Å². The summed E-state index contributed by atoms with van der Waals surface area (Å²) >= 11 is 0. The zero-order valence-electron chi connectivity index (χ0n) is 22.1. The molecule has 2 aromatic carbocycles. The highest BCUT2D eigenvalue weighted by Crippen LogP contribution is 2.35. The number of likely N-dealkylation sites (tertiary alicyclic amines) is 1. The number of ether oxygens (including phenoxy) is 2. The molecule has 0 radical (unpaired) electrons. The molecule has 0 bridgehead atoms. The maximum Gasteiger partial charge on any atom is 0.225 e. The number of benzene rings is 2. The average molecular weight is 493 g/mol. The molecule has 1 fully saturated rings. The second-order valence-electron chi connectivity index (χ2n) is 9.74. The highest BCUT2D eigenvalue weighted by atomic mass is 16.5. The SMILES string of the molecule is COc1cc2nc(NCCCCN(C)C)nc(NC3CCN(Cc4ccccc4)CC3)c2cc1OC. The van der Waals surface area contributed by atoms with Crippen LogP contribution in [0.2, 0.25) is 0 Å². The van der Waals surface area contributed by atoms with Gasteiger partial charge in [-0.1, -0.05) is 30.3 Å². The topological polar surface area (TPSA) is 74.8 Å². The van der Waals surface area contributed by atoms with E-state index in [1.807, 2.05) is 12.1 Å². The molecule has 1 saturated heterocycles. The number of hydrogen-bond acceptors (Lipinski definition) is 8. The number of fused-ring (bicyclic) bond motifs is 1. The van der Waals surface area contributed by atoms with Gasteiger partial charge in [-0.25, -0.2) is 4.98 Å². The molecule has 194 valence electrons. The summed E-state index contributed by atoms with van der Waals surface area (Å²) in [4.78, 5) is 14.4. The molecule has 0 amide bonds. The van der Waals surface area contributed by atoms with Gasteiger partial charge in [0.05, 0.1) is 19.7 Å². The van der Waals surface area contributed by atoms with Crippen molar-refractivity contribution in [1.29, 1.82) is 0 Å². The van der Waals surface area contributed by atoms with Gasteiger partial charge >= 0.3 is 0 Å². The molecule has 0 unspecified atom stereocenters. The van der Waals surface area contributed by atoms with Crippen LogP contribution in [0.1, 0.15) is 31.2 Å². The second kappa shape index (κ2) is 12.7. The minimum absolute atomic E-state index is 0.358. The quantitative estimate of drug-likeness (QED) is 0.359. The van der Waals surface area contributed by atoms with Gasteiger partial charge in [-0.05, 0) is 58.0 Å². The summed E-state index contributed by atoms with van der Waals surface area (Å²) in [5.41, 5.74) is 2.20. The molecule has 36 heavy (non-hydrogen) atoms. The van der Waals surface area contributed by atoms with E-state index in [4.69, 9.17) is 19.4 Å². The van der Waals surface area contributed by atoms with Gasteiger partial charge < -0.3 is 25.0 Å². The Labute approximate surface area is 215 Å². The number of aromatic nitrogens is 2. The lowest BCUT2D eigenvalue weighted by Crippen LogP contribution is -2.38. The minimum Gasteiger partial charge on any atom is -0.493 e. The number of rotatable bonds is 12. The van der Waals surface area contributed by atoms with E-state index < -0.39 is 0 Å². The number of methoxy groups -OCH3 is 2. The van der Waals surface area contributed by atoms with Crippen LogP contribution in [0.5, 0.6) is 11.5 Å². The molecule has 1 aliphatic heterocycles. The van der Waals surface area contributed by atoms with Crippen molar-refractivity contribution in [2.24, 2.45) is 0 Å². The lowest BCUT2D eigenvalue weighted by Gasteiger charge is -2.33. The molecule has 0 atom stereocenters. The molecule has 2 heterocycles. The zero-order valence-corrected chi connectivity index (χ0v) is 22.1. The van der Waals surface area contributed by atoms with E-state index in [2.05, 4.69) is 64.9 Å². The number of piperidine rings is 1. The molecule has 0 saturated carbocycles. The normalized spacial score (nSPS) is 14.8. The van der Waals surface area contributed by atoms with Crippen LogP contribution in [0.4, 0.5) is 11.8 Å². The molecule has 1 aromatic heterocycles. The monoisotopic (exact) mass is 492 g/mol. The predicted molar refractivity (Wildman–Crippen MR) is 147 cm³/mol. The third kappa shape index (κ3) is 6.98. The first-order chi connectivity index (χ1) is 17.6. The summed E-state index contributed by atoms with van der Waals surface area (Å²) in [6.07, 6.45) is 4.33. The molecular weight excluding hydrogens is 452 g/mol. The van der Waals surface area contributed by atoms with E-state index in [1.54, 1.807) is 14.2 Å². The molecule has 3 aromatic rings. The second-order valence-corrected chi connectivity index (χ2v) is 9.74. The largest absolute Gasteiger partial charge is 0.493 e. The van der Waals surface area contributed by atoms with Crippen LogP contribution in [-0.2, 0) is 6.54 Å². The van der Waals surface area contributed by atoms with Crippen molar-refractivity contribution >= 4 is 22.7 Å².